The van der Waals surface area contributed by atoms with Gasteiger partial charge in [-0.25, -0.2) is 4.79 Å². The summed E-state index contributed by atoms with van der Waals surface area (Å²) in [6.07, 6.45) is 3.74. The fourth-order valence-electron chi connectivity index (χ4n) is 2.04. The van der Waals surface area contributed by atoms with E-state index in [4.69, 9.17) is 5.11 Å². The van der Waals surface area contributed by atoms with Crippen LogP contribution < -0.4 is 0 Å². The molecule has 0 aromatic heterocycles. The molecule has 0 unspecified atom stereocenters. The molecule has 0 aromatic rings. The van der Waals surface area contributed by atoms with Gasteiger partial charge in [0.15, 0.2) is 0 Å². The van der Waals surface area contributed by atoms with Crippen molar-refractivity contribution in [2.45, 2.75) is 52.0 Å². The second-order valence-corrected chi connectivity index (χ2v) is 4.87. The van der Waals surface area contributed by atoms with E-state index in [0.29, 0.717) is 25.3 Å². The van der Waals surface area contributed by atoms with Crippen LogP contribution in [0, 0.1) is 5.92 Å². The Morgan fingerprint density at radius 1 is 1.38 bits per heavy atom. The van der Waals surface area contributed by atoms with Gasteiger partial charge < -0.3 is 10.0 Å². The van der Waals surface area contributed by atoms with E-state index in [9.17, 15) is 9.59 Å². The number of carbonyl (C=O) groups excluding carboxylic acids is 1. The summed E-state index contributed by atoms with van der Waals surface area (Å²) in [5, 5.41) is 9.04. The van der Waals surface area contributed by atoms with Crippen molar-refractivity contribution >= 4 is 11.9 Å². The molecule has 0 bridgehead atoms. The summed E-state index contributed by atoms with van der Waals surface area (Å²) in [5.41, 5.74) is 0. The number of rotatable bonds is 4. The second kappa shape index (κ2) is 5.87. The van der Waals surface area contributed by atoms with E-state index >= 15 is 0 Å². The van der Waals surface area contributed by atoms with Crippen molar-refractivity contribution in [3.8, 4) is 0 Å². The van der Waals surface area contributed by atoms with E-state index in [0.717, 1.165) is 19.3 Å². The normalized spacial score (nSPS) is 21.2. The maximum absolute atomic E-state index is 11.9. The Morgan fingerprint density at radius 3 is 2.62 bits per heavy atom. The Bertz CT molecular complexity index is 263. The van der Waals surface area contributed by atoms with Gasteiger partial charge >= 0.3 is 5.97 Å². The van der Waals surface area contributed by atoms with Crippen LogP contribution in [0.2, 0.25) is 0 Å². The summed E-state index contributed by atoms with van der Waals surface area (Å²) in [4.78, 5) is 24.4. The van der Waals surface area contributed by atoms with Gasteiger partial charge in [-0.3, -0.25) is 4.79 Å². The Labute approximate surface area is 96.6 Å². The molecule has 1 saturated heterocycles. The minimum Gasteiger partial charge on any atom is -0.480 e. The number of piperidine rings is 1. The van der Waals surface area contributed by atoms with Crippen LogP contribution in [-0.4, -0.2) is 34.5 Å². The van der Waals surface area contributed by atoms with Crippen LogP contribution in [0.1, 0.15) is 46.0 Å². The minimum atomic E-state index is -0.863. The lowest BCUT2D eigenvalue weighted by Gasteiger charge is -2.33. The monoisotopic (exact) mass is 227 g/mol. The Kier molecular flexibility index (Phi) is 4.77. The van der Waals surface area contributed by atoms with E-state index in [1.807, 2.05) is 0 Å². The Balaban J connectivity index is 2.54. The quantitative estimate of drug-likeness (QED) is 0.797. The average molecular weight is 227 g/mol. The predicted molar refractivity (Wildman–Crippen MR) is 61.1 cm³/mol. The van der Waals surface area contributed by atoms with Crippen LogP contribution in [0.15, 0.2) is 0 Å². The van der Waals surface area contributed by atoms with E-state index < -0.39 is 12.0 Å². The van der Waals surface area contributed by atoms with Crippen molar-refractivity contribution in [1.82, 2.24) is 4.90 Å². The standard InChI is InChI=1S/C12H21NO3/c1-9(2)6-7-11(14)13-8-4-3-5-10(13)12(15)16/h9-10H,3-8H2,1-2H3,(H,15,16)/t10-/m0/s1. The first kappa shape index (κ1) is 13.0. The summed E-state index contributed by atoms with van der Waals surface area (Å²) >= 11 is 0. The number of likely N-dealkylation sites (tertiary alicyclic amines) is 1. The van der Waals surface area contributed by atoms with Crippen molar-refractivity contribution in [2.24, 2.45) is 5.92 Å². The molecule has 0 spiro atoms. The number of carboxylic acids is 1. The molecule has 4 nitrogen and oxygen atoms in total. The third-order valence-corrected chi connectivity index (χ3v) is 3.04. The Morgan fingerprint density at radius 2 is 2.06 bits per heavy atom. The maximum atomic E-state index is 11.9. The van der Waals surface area contributed by atoms with E-state index in [1.54, 1.807) is 4.90 Å². The summed E-state index contributed by atoms with van der Waals surface area (Å²) < 4.78 is 0. The largest absolute Gasteiger partial charge is 0.480 e. The lowest BCUT2D eigenvalue weighted by molar-refractivity contribution is -0.152. The average Bonchev–Trinajstić information content (AvgIpc) is 2.25. The van der Waals surface area contributed by atoms with Crippen molar-refractivity contribution in [2.75, 3.05) is 6.54 Å². The van der Waals surface area contributed by atoms with Gasteiger partial charge in [0.25, 0.3) is 0 Å². The van der Waals surface area contributed by atoms with Gasteiger partial charge in [-0.1, -0.05) is 13.8 Å². The highest BCUT2D eigenvalue weighted by Crippen LogP contribution is 2.19. The molecule has 0 aliphatic carbocycles. The smallest absolute Gasteiger partial charge is 0.326 e. The molecule has 1 N–H and O–H groups in total. The van der Waals surface area contributed by atoms with Crippen molar-refractivity contribution < 1.29 is 14.7 Å². The van der Waals surface area contributed by atoms with Gasteiger partial charge in [0.2, 0.25) is 5.91 Å². The second-order valence-electron chi connectivity index (χ2n) is 4.87. The minimum absolute atomic E-state index is 0.000741. The molecule has 16 heavy (non-hydrogen) atoms. The molecular formula is C12H21NO3. The highest BCUT2D eigenvalue weighted by atomic mass is 16.4. The van der Waals surface area contributed by atoms with Crippen LogP contribution >= 0.6 is 0 Å². The molecule has 4 heteroatoms. The number of carbonyl (C=O) groups is 2. The summed E-state index contributed by atoms with van der Waals surface area (Å²) in [6.45, 7) is 4.74. The molecule has 1 rings (SSSR count). The summed E-state index contributed by atoms with van der Waals surface area (Å²) in [5.74, 6) is -0.379. The van der Waals surface area contributed by atoms with Crippen molar-refractivity contribution in [3.05, 3.63) is 0 Å². The fraction of sp³-hybridized carbons (Fsp3) is 0.833. The molecule has 1 amide bonds. The zero-order valence-electron chi connectivity index (χ0n) is 10.1. The van der Waals surface area contributed by atoms with E-state index in [1.165, 1.54) is 0 Å². The van der Waals surface area contributed by atoms with Gasteiger partial charge in [0.05, 0.1) is 0 Å². The number of carboxylic acid groups (broad SMARTS) is 1. The molecule has 92 valence electrons. The van der Waals surface area contributed by atoms with Gasteiger partial charge in [-0.05, 0) is 31.6 Å². The molecule has 1 heterocycles. The van der Waals surface area contributed by atoms with E-state index in [-0.39, 0.29) is 5.91 Å². The van der Waals surface area contributed by atoms with Gasteiger partial charge in [-0.15, -0.1) is 0 Å². The first-order valence-corrected chi connectivity index (χ1v) is 6.04. The molecular weight excluding hydrogens is 206 g/mol. The van der Waals surface area contributed by atoms with Crippen LogP contribution in [0.3, 0.4) is 0 Å². The summed E-state index contributed by atoms with van der Waals surface area (Å²) in [7, 11) is 0. The molecule has 1 aliphatic rings. The van der Waals surface area contributed by atoms with E-state index in [2.05, 4.69) is 13.8 Å². The van der Waals surface area contributed by atoms with Gasteiger partial charge in [-0.2, -0.15) is 0 Å². The zero-order chi connectivity index (χ0) is 12.1. The number of amides is 1. The number of nitrogens with zero attached hydrogens (tertiary/aromatic N) is 1. The number of hydrogen-bond donors (Lipinski definition) is 1. The number of aliphatic carboxylic acids is 1. The van der Waals surface area contributed by atoms with Gasteiger partial charge in [0.1, 0.15) is 6.04 Å². The third-order valence-electron chi connectivity index (χ3n) is 3.04. The van der Waals surface area contributed by atoms with Crippen LogP contribution in [0.4, 0.5) is 0 Å². The highest BCUT2D eigenvalue weighted by Gasteiger charge is 2.31. The predicted octanol–water partition coefficient (Wildman–Crippen LogP) is 1.89. The zero-order valence-corrected chi connectivity index (χ0v) is 10.1. The fourth-order valence-corrected chi connectivity index (χ4v) is 2.04. The van der Waals surface area contributed by atoms with Crippen LogP contribution in [-0.2, 0) is 9.59 Å². The molecule has 0 radical (unpaired) electrons. The Hall–Kier alpha value is -1.06. The molecule has 0 aromatic carbocycles. The van der Waals surface area contributed by atoms with Crippen LogP contribution in [0.5, 0.6) is 0 Å². The SMILES string of the molecule is CC(C)CCC(=O)N1CCCC[C@H]1C(=O)O. The molecule has 1 atom stereocenters. The molecule has 0 saturated carbocycles. The summed E-state index contributed by atoms with van der Waals surface area (Å²) in [6, 6.07) is -0.589. The third kappa shape index (κ3) is 3.51. The highest BCUT2D eigenvalue weighted by molar-refractivity contribution is 5.83. The first-order valence-electron chi connectivity index (χ1n) is 6.04. The lowest BCUT2D eigenvalue weighted by Crippen LogP contribution is -2.47. The molecule has 1 fully saturated rings. The van der Waals surface area contributed by atoms with Gasteiger partial charge in [0, 0.05) is 13.0 Å². The first-order chi connectivity index (χ1) is 7.52. The van der Waals surface area contributed by atoms with Crippen LogP contribution in [0.25, 0.3) is 0 Å². The maximum Gasteiger partial charge on any atom is 0.326 e. The lowest BCUT2D eigenvalue weighted by atomic mass is 10.0. The van der Waals surface area contributed by atoms with Crippen molar-refractivity contribution in [1.29, 1.82) is 0 Å². The molecule has 1 aliphatic heterocycles. The number of hydrogen-bond acceptors (Lipinski definition) is 2. The topological polar surface area (TPSA) is 57.6 Å². The van der Waals surface area contributed by atoms with Crippen molar-refractivity contribution in [3.63, 3.8) is 0 Å².